The van der Waals surface area contributed by atoms with Crippen LogP contribution in [0.2, 0.25) is 0 Å². The second-order valence-electron chi connectivity index (χ2n) is 11.7. The van der Waals surface area contributed by atoms with Gasteiger partial charge in [-0.05, 0) is 79.3 Å². The summed E-state index contributed by atoms with van der Waals surface area (Å²) in [7, 11) is 0. The van der Waals surface area contributed by atoms with Crippen molar-refractivity contribution in [2.24, 2.45) is 11.5 Å². The maximum Gasteiger partial charge on any atom is 0.326 e. The second kappa shape index (κ2) is 17.0. The molecule has 4 atom stereocenters. The Bertz CT molecular complexity index is 1690. The lowest BCUT2D eigenvalue weighted by molar-refractivity contribution is -0.142. The molecule has 1 heterocycles. The van der Waals surface area contributed by atoms with Gasteiger partial charge >= 0.3 is 5.97 Å². The van der Waals surface area contributed by atoms with E-state index in [1.165, 1.54) is 24.3 Å². The van der Waals surface area contributed by atoms with Crippen molar-refractivity contribution in [3.63, 3.8) is 0 Å². The Morgan fingerprint density at radius 2 is 1.23 bits per heavy atom. The minimum absolute atomic E-state index is 0.0137. The van der Waals surface area contributed by atoms with Gasteiger partial charge in [-0.3, -0.25) is 14.4 Å². The van der Waals surface area contributed by atoms with E-state index in [1.807, 2.05) is 24.3 Å². The lowest BCUT2D eigenvalue weighted by atomic mass is 10.0. The van der Waals surface area contributed by atoms with E-state index in [-0.39, 0.29) is 37.2 Å². The number of aliphatic carboxylic acids is 1. The molecule has 48 heavy (non-hydrogen) atoms. The SMILES string of the molecule is NCCCCC(NC(=O)C(Cc1ccc(O)cc1)NC(=O)C(Cc1c[nH]c2ccccc12)NC(=O)C(N)Cc1ccc(O)cc1)C(=O)O. The molecule has 254 valence electrons. The number of H-pyrrole nitrogens is 1. The summed E-state index contributed by atoms with van der Waals surface area (Å²) in [6, 6.07) is 15.2. The Morgan fingerprint density at radius 3 is 1.83 bits per heavy atom. The number of phenolic OH excluding ortho intramolecular Hbond substituents is 2. The molecule has 0 aliphatic heterocycles. The van der Waals surface area contributed by atoms with Crippen LogP contribution in [0.25, 0.3) is 10.9 Å². The molecule has 0 bridgehead atoms. The number of hydrogen-bond acceptors (Lipinski definition) is 8. The molecule has 4 unspecified atom stereocenters. The third-order valence-corrected chi connectivity index (χ3v) is 8.03. The number of aromatic nitrogens is 1. The number of carbonyl (C=O) groups excluding carboxylic acids is 3. The number of para-hydroxylation sites is 1. The minimum atomic E-state index is -1.23. The number of benzene rings is 3. The number of carbonyl (C=O) groups is 4. The summed E-state index contributed by atoms with van der Waals surface area (Å²) < 4.78 is 0. The number of carboxylic acids is 1. The van der Waals surface area contributed by atoms with Gasteiger partial charge < -0.3 is 47.7 Å². The molecule has 0 fully saturated rings. The highest BCUT2D eigenvalue weighted by Gasteiger charge is 2.31. The highest BCUT2D eigenvalue weighted by molar-refractivity contribution is 5.95. The van der Waals surface area contributed by atoms with Gasteiger partial charge in [0.05, 0.1) is 6.04 Å². The van der Waals surface area contributed by atoms with Crippen molar-refractivity contribution >= 4 is 34.6 Å². The Labute approximate surface area is 277 Å². The topological polar surface area (TPSA) is 233 Å². The molecule has 1 aromatic heterocycles. The molecule has 0 spiro atoms. The second-order valence-corrected chi connectivity index (χ2v) is 11.7. The Balaban J connectivity index is 1.58. The number of rotatable bonds is 17. The Hall–Kier alpha value is -5.40. The van der Waals surface area contributed by atoms with Gasteiger partial charge in [0.1, 0.15) is 29.6 Å². The number of aromatic hydroxyl groups is 2. The smallest absolute Gasteiger partial charge is 0.326 e. The van der Waals surface area contributed by atoms with Gasteiger partial charge in [-0.1, -0.05) is 42.5 Å². The molecule has 13 heteroatoms. The fourth-order valence-corrected chi connectivity index (χ4v) is 5.36. The zero-order valence-electron chi connectivity index (χ0n) is 26.4. The van der Waals surface area contributed by atoms with Gasteiger partial charge in [0.2, 0.25) is 17.7 Å². The number of unbranched alkanes of at least 4 members (excludes halogenated alkanes) is 1. The van der Waals surface area contributed by atoms with Crippen molar-refractivity contribution in [2.75, 3.05) is 6.54 Å². The van der Waals surface area contributed by atoms with Crippen LogP contribution in [0, 0.1) is 0 Å². The van der Waals surface area contributed by atoms with Crippen LogP contribution in [0.4, 0.5) is 0 Å². The van der Waals surface area contributed by atoms with Crippen LogP contribution < -0.4 is 27.4 Å². The third-order valence-electron chi connectivity index (χ3n) is 8.03. The van der Waals surface area contributed by atoms with E-state index >= 15 is 0 Å². The number of hydrogen-bond donors (Lipinski definition) is 9. The predicted molar refractivity (Wildman–Crippen MR) is 180 cm³/mol. The maximum absolute atomic E-state index is 14.0. The minimum Gasteiger partial charge on any atom is -0.508 e. The van der Waals surface area contributed by atoms with Crippen LogP contribution in [-0.4, -0.2) is 74.7 Å². The number of aromatic amines is 1. The monoisotopic (exact) mass is 658 g/mol. The summed E-state index contributed by atoms with van der Waals surface area (Å²) in [5, 5.41) is 38.0. The van der Waals surface area contributed by atoms with Crippen molar-refractivity contribution in [1.29, 1.82) is 0 Å². The number of carboxylic acid groups (broad SMARTS) is 1. The summed E-state index contributed by atoms with van der Waals surface area (Å²) in [4.78, 5) is 56.0. The maximum atomic E-state index is 14.0. The number of fused-ring (bicyclic) bond motifs is 1. The van der Waals surface area contributed by atoms with Gasteiger partial charge in [0.25, 0.3) is 0 Å². The molecular formula is C35H42N6O7. The van der Waals surface area contributed by atoms with Crippen molar-refractivity contribution in [3.05, 3.63) is 95.7 Å². The first-order valence-electron chi connectivity index (χ1n) is 15.7. The van der Waals surface area contributed by atoms with Crippen LogP contribution in [0.5, 0.6) is 11.5 Å². The highest BCUT2D eigenvalue weighted by atomic mass is 16.4. The van der Waals surface area contributed by atoms with E-state index in [0.29, 0.717) is 30.5 Å². The lowest BCUT2D eigenvalue weighted by Gasteiger charge is -2.25. The van der Waals surface area contributed by atoms with Gasteiger partial charge in [-0.2, -0.15) is 0 Å². The van der Waals surface area contributed by atoms with Gasteiger partial charge in [-0.25, -0.2) is 4.79 Å². The average molecular weight is 659 g/mol. The molecule has 4 aromatic rings. The summed E-state index contributed by atoms with van der Waals surface area (Å²) in [6.07, 6.45) is 3.12. The molecule has 0 saturated heterocycles. The van der Waals surface area contributed by atoms with Crippen molar-refractivity contribution in [1.82, 2.24) is 20.9 Å². The largest absolute Gasteiger partial charge is 0.508 e. The molecular weight excluding hydrogens is 616 g/mol. The standard InChI is InChI=1S/C35H42N6O7/c36-16-4-3-7-29(35(47)48)39-33(45)30(18-22-10-14-25(43)15-11-22)41-34(46)31(19-23-20-38-28-6-2-1-5-26(23)28)40-32(44)27(37)17-21-8-12-24(42)13-9-21/h1-2,5-6,8-15,20,27,29-31,38,42-43H,3-4,7,16-19,36-37H2,(H,39,45)(H,40,44)(H,41,46)(H,47,48). The van der Waals surface area contributed by atoms with Gasteiger partial charge in [-0.15, -0.1) is 0 Å². The molecule has 0 saturated carbocycles. The molecule has 4 rings (SSSR count). The van der Waals surface area contributed by atoms with Gasteiger partial charge in [0.15, 0.2) is 0 Å². The quantitative estimate of drug-likeness (QED) is 0.0749. The molecule has 3 aromatic carbocycles. The van der Waals surface area contributed by atoms with E-state index in [4.69, 9.17) is 11.5 Å². The summed E-state index contributed by atoms with van der Waals surface area (Å²) in [5.41, 5.74) is 14.7. The average Bonchev–Trinajstić information content (AvgIpc) is 3.48. The molecule has 11 N–H and O–H groups in total. The van der Waals surface area contributed by atoms with E-state index in [0.717, 1.165) is 16.5 Å². The highest BCUT2D eigenvalue weighted by Crippen LogP contribution is 2.20. The summed E-state index contributed by atoms with van der Waals surface area (Å²) in [5.74, 6) is -3.14. The zero-order chi connectivity index (χ0) is 34.6. The van der Waals surface area contributed by atoms with Gasteiger partial charge in [0, 0.05) is 29.9 Å². The van der Waals surface area contributed by atoms with E-state index in [2.05, 4.69) is 20.9 Å². The predicted octanol–water partition coefficient (Wildman–Crippen LogP) is 1.60. The van der Waals surface area contributed by atoms with Crippen LogP contribution in [0.1, 0.15) is 36.0 Å². The first-order valence-corrected chi connectivity index (χ1v) is 15.7. The number of phenols is 2. The molecule has 13 nitrogen and oxygen atoms in total. The van der Waals surface area contributed by atoms with E-state index < -0.39 is 47.9 Å². The Morgan fingerprint density at radius 1 is 0.688 bits per heavy atom. The fourth-order valence-electron chi connectivity index (χ4n) is 5.36. The van der Waals surface area contributed by atoms with Crippen LogP contribution in [-0.2, 0) is 38.4 Å². The first kappa shape index (κ1) is 35.5. The van der Waals surface area contributed by atoms with Crippen LogP contribution in [0.3, 0.4) is 0 Å². The van der Waals surface area contributed by atoms with E-state index in [9.17, 15) is 34.5 Å². The first-order chi connectivity index (χ1) is 23.0. The van der Waals surface area contributed by atoms with Crippen molar-refractivity contribution < 1.29 is 34.5 Å². The molecule has 0 aliphatic rings. The van der Waals surface area contributed by atoms with Crippen LogP contribution >= 0.6 is 0 Å². The number of amides is 3. The summed E-state index contributed by atoms with van der Waals surface area (Å²) in [6.45, 7) is 0.377. The zero-order valence-corrected chi connectivity index (χ0v) is 26.4. The number of nitrogens with one attached hydrogen (secondary N) is 4. The normalized spacial score (nSPS) is 13.6. The fraction of sp³-hybridized carbons (Fsp3) is 0.314. The van der Waals surface area contributed by atoms with Crippen molar-refractivity contribution in [3.8, 4) is 11.5 Å². The van der Waals surface area contributed by atoms with E-state index in [1.54, 1.807) is 30.5 Å². The van der Waals surface area contributed by atoms with Crippen molar-refractivity contribution in [2.45, 2.75) is 62.7 Å². The molecule has 0 radical (unpaired) electrons. The Kier molecular flexibility index (Phi) is 12.5. The summed E-state index contributed by atoms with van der Waals surface area (Å²) >= 11 is 0. The molecule has 3 amide bonds. The number of nitrogens with two attached hydrogens (primary N) is 2. The third kappa shape index (κ3) is 10.0. The van der Waals surface area contributed by atoms with Crippen LogP contribution in [0.15, 0.2) is 79.0 Å². The lowest BCUT2D eigenvalue weighted by Crippen LogP contribution is -2.58. The molecule has 0 aliphatic carbocycles.